The number of para-hydroxylation sites is 1. The van der Waals surface area contributed by atoms with Gasteiger partial charge in [-0.25, -0.2) is 4.39 Å². The van der Waals surface area contributed by atoms with Gasteiger partial charge in [-0.2, -0.15) is 0 Å². The van der Waals surface area contributed by atoms with Crippen molar-refractivity contribution in [3.63, 3.8) is 0 Å². The Morgan fingerprint density at radius 2 is 1.59 bits per heavy atom. The van der Waals surface area contributed by atoms with Gasteiger partial charge in [0, 0.05) is 0 Å². The van der Waals surface area contributed by atoms with Crippen LogP contribution >= 0.6 is 11.3 Å². The predicted octanol–water partition coefficient (Wildman–Crippen LogP) is 6.40. The Kier molecular flexibility index (Phi) is 10.3. The number of rotatable bonds is 11. The van der Waals surface area contributed by atoms with E-state index in [1.807, 2.05) is 43.3 Å². The summed E-state index contributed by atoms with van der Waals surface area (Å²) >= 11 is -2.07. The van der Waals surface area contributed by atoms with Gasteiger partial charge in [0.2, 0.25) is 0 Å². The van der Waals surface area contributed by atoms with Crippen LogP contribution in [0.5, 0.6) is 11.5 Å². The summed E-state index contributed by atoms with van der Waals surface area (Å²) in [7, 11) is 0. The average Bonchev–Trinajstić information content (AvgIpc) is 3.40. The van der Waals surface area contributed by atoms with Gasteiger partial charge in [-0.15, -0.1) is 0 Å². The molecule has 1 radical (unpaired) electrons. The minimum absolute atomic E-state index is 0.106. The van der Waals surface area contributed by atoms with E-state index in [-0.39, 0.29) is 10.8 Å². The summed E-state index contributed by atoms with van der Waals surface area (Å²) in [6.07, 6.45) is 0.697. The van der Waals surface area contributed by atoms with Gasteiger partial charge in [0.15, 0.2) is 0 Å². The van der Waals surface area contributed by atoms with Crippen molar-refractivity contribution in [3.8, 4) is 11.5 Å². The maximum atomic E-state index is 14.0. The first-order valence-corrected chi connectivity index (χ1v) is 18.2. The van der Waals surface area contributed by atoms with Gasteiger partial charge in [0.05, 0.1) is 0 Å². The molecule has 4 rings (SSSR count). The fourth-order valence-electron chi connectivity index (χ4n) is 3.51. The molecule has 0 amide bonds. The molecule has 0 saturated heterocycles. The summed E-state index contributed by atoms with van der Waals surface area (Å²) < 4.78 is 88.8. The van der Waals surface area contributed by atoms with E-state index < -0.39 is 69.7 Å². The number of fused-ring (bicyclic) bond motifs is 1. The van der Waals surface area contributed by atoms with Crippen molar-refractivity contribution in [2.75, 3.05) is 6.61 Å². The van der Waals surface area contributed by atoms with Crippen molar-refractivity contribution in [1.82, 2.24) is 3.22 Å². The van der Waals surface area contributed by atoms with Crippen LogP contribution in [0.15, 0.2) is 54.6 Å². The zero-order chi connectivity index (χ0) is 29.7. The van der Waals surface area contributed by atoms with Gasteiger partial charge < -0.3 is 0 Å². The second kappa shape index (κ2) is 13.7. The molecule has 0 saturated carbocycles. The van der Waals surface area contributed by atoms with E-state index in [2.05, 4.69) is 7.95 Å². The van der Waals surface area contributed by atoms with Crippen LogP contribution in [0, 0.1) is 29.1 Å². The summed E-state index contributed by atoms with van der Waals surface area (Å²) in [6.45, 7) is 3.92. The van der Waals surface area contributed by atoms with Gasteiger partial charge in [0.25, 0.3) is 0 Å². The zero-order valence-electron chi connectivity index (χ0n) is 21.6. The molecule has 1 aromatic heterocycles. The Labute approximate surface area is 244 Å². The van der Waals surface area contributed by atoms with Crippen LogP contribution in [-0.2, 0) is 13.6 Å². The standard InChI is InChI=1S/C16H6F5O2S.C6H12NO2.C6H6O.Po/c1-6-2-3-8-7(4-6)5-9(24-8)16(22)23-15-13(20)11(18)10(17)12(19)14(15)21;1-3-4-9-6(8)5(2)7;7-6-4-2-1-3-5-6;/h2-5H,1H2;5,7H,3-4H2,1-2H3;1-5,7H;/q;-1;;+2/p-1/t;5-;;/m.1../s1. The minimum atomic E-state index is -2.99. The van der Waals surface area contributed by atoms with Crippen LogP contribution in [0.3, 0.4) is 0 Å². The number of thiophene rings is 1. The van der Waals surface area contributed by atoms with Gasteiger partial charge >= 0.3 is 241 Å². The van der Waals surface area contributed by atoms with Gasteiger partial charge in [-0.3, -0.25) is 0 Å². The normalized spacial score (nSPS) is 12.0. The van der Waals surface area contributed by atoms with Crippen molar-refractivity contribution in [1.29, 1.82) is 0 Å². The zero-order valence-corrected chi connectivity index (χ0v) is 25.6. The molecule has 13 heteroatoms. The SMILES string of the molecule is CCCOC(=O)[C@@H](C)[NH][Po]([CH2]c1ccc2sc(C(=O)Oc3c(F)c(F)c(F)c(F)c3F)cc2c1)[O]c1ccccc1. The number of hydrogen-bond donors (Lipinski definition) is 1. The number of nitrogens with one attached hydrogen (secondary N) is 1. The molecule has 0 spiro atoms. The maximum absolute atomic E-state index is 14.0. The predicted molar refractivity (Wildman–Crippen MR) is 143 cm³/mol. The summed E-state index contributed by atoms with van der Waals surface area (Å²) in [5, 5.41) is 0.592. The van der Waals surface area contributed by atoms with E-state index >= 15 is 0 Å². The summed E-state index contributed by atoms with van der Waals surface area (Å²) in [5.41, 5.74) is 0.834. The molecule has 0 aliphatic heterocycles. The molecular formula is C28H23F5NO5PoS. The van der Waals surface area contributed by atoms with Crippen LogP contribution in [0.4, 0.5) is 22.0 Å². The Morgan fingerprint density at radius 1 is 0.927 bits per heavy atom. The summed E-state index contributed by atoms with van der Waals surface area (Å²) in [6, 6.07) is 15.3. The van der Waals surface area contributed by atoms with Crippen LogP contribution in [0.1, 0.15) is 35.5 Å². The van der Waals surface area contributed by atoms with Gasteiger partial charge in [-0.1, -0.05) is 0 Å². The average molecular weight is 790 g/mol. The van der Waals surface area contributed by atoms with E-state index in [0.717, 1.165) is 16.9 Å². The molecule has 0 bridgehead atoms. The van der Waals surface area contributed by atoms with E-state index in [4.69, 9.17) is 7.51 Å². The second-order valence-corrected chi connectivity index (χ2v) is 15.1. The number of carbonyl (C=O) groups excluding carboxylic acids is 2. The number of esters is 2. The fourth-order valence-corrected chi connectivity index (χ4v) is 10.3. The number of benzene rings is 3. The molecule has 3 aromatic carbocycles. The molecule has 1 N–H and O–H groups in total. The topological polar surface area (TPSA) is 73.9 Å². The van der Waals surface area contributed by atoms with E-state index in [1.165, 1.54) is 6.07 Å². The molecule has 1 heterocycles. The summed E-state index contributed by atoms with van der Waals surface area (Å²) in [5.74, 6) is -13.9. The van der Waals surface area contributed by atoms with Crippen molar-refractivity contribution in [2.24, 2.45) is 0 Å². The third-order valence-corrected chi connectivity index (χ3v) is 12.8. The van der Waals surface area contributed by atoms with Gasteiger partial charge in [-0.05, 0) is 0 Å². The number of halogens is 5. The number of carbonyl (C=O) groups is 2. The molecule has 0 aliphatic carbocycles. The molecule has 0 fully saturated rings. The Morgan fingerprint density at radius 3 is 2.24 bits per heavy atom. The van der Waals surface area contributed by atoms with Crippen molar-refractivity contribution in [2.45, 2.75) is 30.4 Å². The third-order valence-electron chi connectivity index (χ3n) is 5.49. The van der Waals surface area contributed by atoms with Crippen LogP contribution in [0.2, 0.25) is 0 Å². The van der Waals surface area contributed by atoms with E-state index in [0.29, 0.717) is 32.9 Å². The number of hydrogen-bond acceptors (Lipinski definition) is 7. The second-order valence-electron chi connectivity index (χ2n) is 8.66. The van der Waals surface area contributed by atoms with Crippen LogP contribution in [-0.4, -0.2) is 47.4 Å². The Balaban J connectivity index is 1.54. The molecule has 0 aliphatic rings. The molecule has 1 atom stereocenters. The van der Waals surface area contributed by atoms with Gasteiger partial charge in [0.1, 0.15) is 0 Å². The molecule has 41 heavy (non-hydrogen) atoms. The molecule has 6 nitrogen and oxygen atoms in total. The molecule has 0 unspecified atom stereocenters. The summed E-state index contributed by atoms with van der Waals surface area (Å²) in [4.78, 5) is 24.8. The van der Waals surface area contributed by atoms with Crippen molar-refractivity contribution >= 4 is 56.2 Å². The van der Waals surface area contributed by atoms with Crippen LogP contribution in [0.25, 0.3) is 10.1 Å². The third kappa shape index (κ3) is 7.39. The van der Waals surface area contributed by atoms with E-state index in [9.17, 15) is 31.5 Å². The van der Waals surface area contributed by atoms with Crippen molar-refractivity contribution < 1.29 is 43.8 Å². The number of ether oxygens (including phenoxy) is 2. The Bertz CT molecular complexity index is 1540. The first kappa shape index (κ1) is 30.8. The molecule has 4 aromatic rings. The monoisotopic (exact) mass is 789 g/mol. The Hall–Kier alpha value is -3.13. The van der Waals surface area contributed by atoms with E-state index in [1.54, 1.807) is 19.1 Å². The first-order valence-electron chi connectivity index (χ1n) is 12.2. The molecular weight excluding hydrogens is 766 g/mol. The van der Waals surface area contributed by atoms with Crippen LogP contribution < -0.4 is 10.7 Å². The fraction of sp³-hybridized carbons (Fsp3) is 0.214. The molecule has 217 valence electrons. The first-order chi connectivity index (χ1) is 19.6. The van der Waals surface area contributed by atoms with Crippen molar-refractivity contribution in [3.05, 3.63) is 94.1 Å². The quantitative estimate of drug-likeness (QED) is 0.0625.